The second-order valence-corrected chi connectivity index (χ2v) is 4.88. The van der Waals surface area contributed by atoms with Gasteiger partial charge in [0.2, 0.25) is 0 Å². The molecule has 1 aromatic carbocycles. The van der Waals surface area contributed by atoms with E-state index in [1.54, 1.807) is 6.07 Å². The lowest BCUT2D eigenvalue weighted by molar-refractivity contribution is -0.137. The van der Waals surface area contributed by atoms with Gasteiger partial charge in [-0.15, -0.1) is 0 Å². The molecule has 1 aromatic rings. The van der Waals surface area contributed by atoms with Gasteiger partial charge in [-0.05, 0) is 31.0 Å². The number of alkyl halides is 3. The van der Waals surface area contributed by atoms with Crippen molar-refractivity contribution in [3.05, 3.63) is 29.3 Å². The number of hydrogen-bond acceptors (Lipinski definition) is 2. The maximum atomic E-state index is 12.9. The third-order valence-corrected chi connectivity index (χ3v) is 3.60. The Morgan fingerprint density at radius 2 is 1.85 bits per heavy atom. The molecular weight excluding hydrogens is 265 g/mol. The fourth-order valence-electron chi connectivity index (χ4n) is 2.34. The van der Waals surface area contributed by atoms with E-state index in [4.69, 9.17) is 5.26 Å². The van der Waals surface area contributed by atoms with E-state index >= 15 is 0 Å². The van der Waals surface area contributed by atoms with E-state index in [9.17, 15) is 13.2 Å². The second kappa shape index (κ2) is 6.65. The number of anilines is 1. The molecular formula is C15H19F3N2. The molecule has 1 N–H and O–H groups in total. The van der Waals surface area contributed by atoms with Crippen LogP contribution in [0.1, 0.15) is 44.7 Å². The van der Waals surface area contributed by atoms with Crippen molar-refractivity contribution in [2.24, 2.45) is 5.92 Å². The van der Waals surface area contributed by atoms with Crippen molar-refractivity contribution in [2.75, 3.05) is 5.32 Å². The molecule has 1 unspecified atom stereocenters. The molecule has 0 aliphatic heterocycles. The molecule has 0 radical (unpaired) electrons. The van der Waals surface area contributed by atoms with Crippen LogP contribution in [-0.2, 0) is 6.18 Å². The molecule has 0 spiro atoms. The van der Waals surface area contributed by atoms with E-state index in [1.165, 1.54) is 12.1 Å². The molecule has 0 aliphatic carbocycles. The molecule has 0 saturated heterocycles. The quantitative estimate of drug-likeness (QED) is 0.842. The Hall–Kier alpha value is -1.70. The minimum Gasteiger partial charge on any atom is -0.382 e. The third kappa shape index (κ3) is 3.89. The molecule has 0 aromatic heterocycles. The van der Waals surface area contributed by atoms with Gasteiger partial charge in [0.1, 0.15) is 0 Å². The fraction of sp³-hybridized carbons (Fsp3) is 0.533. The van der Waals surface area contributed by atoms with Crippen LogP contribution < -0.4 is 5.32 Å². The van der Waals surface area contributed by atoms with Gasteiger partial charge in [0.15, 0.2) is 0 Å². The predicted molar refractivity (Wildman–Crippen MR) is 73.3 cm³/mol. The summed E-state index contributed by atoms with van der Waals surface area (Å²) in [5.74, 6) is 0.403. The summed E-state index contributed by atoms with van der Waals surface area (Å²) in [5, 5.41) is 11.8. The first-order valence-corrected chi connectivity index (χ1v) is 6.71. The van der Waals surface area contributed by atoms with Crippen LogP contribution >= 0.6 is 0 Å². The molecule has 5 heteroatoms. The number of halogens is 3. The lowest BCUT2D eigenvalue weighted by Gasteiger charge is -2.24. The smallest absolute Gasteiger partial charge is 0.382 e. The minimum absolute atomic E-state index is 0.0824. The summed E-state index contributed by atoms with van der Waals surface area (Å²) in [4.78, 5) is 0. The van der Waals surface area contributed by atoms with Crippen molar-refractivity contribution in [1.82, 2.24) is 0 Å². The Labute approximate surface area is 117 Å². The lowest BCUT2D eigenvalue weighted by atomic mass is 9.95. The Bertz CT molecular complexity index is 485. The Morgan fingerprint density at radius 1 is 1.25 bits per heavy atom. The number of nitriles is 1. The first-order valence-electron chi connectivity index (χ1n) is 6.71. The normalized spacial score (nSPS) is 13.1. The van der Waals surface area contributed by atoms with E-state index in [0.29, 0.717) is 11.6 Å². The van der Waals surface area contributed by atoms with Crippen LogP contribution in [0.25, 0.3) is 0 Å². The van der Waals surface area contributed by atoms with Crippen LogP contribution in [0.15, 0.2) is 18.2 Å². The van der Waals surface area contributed by atoms with Crippen LogP contribution in [0.3, 0.4) is 0 Å². The zero-order chi connectivity index (χ0) is 15.3. The summed E-state index contributed by atoms with van der Waals surface area (Å²) in [6.07, 6.45) is -2.58. The molecule has 110 valence electrons. The van der Waals surface area contributed by atoms with E-state index in [1.807, 2.05) is 6.92 Å². The summed E-state index contributed by atoms with van der Waals surface area (Å²) >= 11 is 0. The number of benzene rings is 1. The highest BCUT2D eigenvalue weighted by molar-refractivity contribution is 5.53. The van der Waals surface area contributed by atoms with Gasteiger partial charge in [0.25, 0.3) is 0 Å². The first kappa shape index (κ1) is 16.4. The molecule has 0 heterocycles. The molecule has 0 amide bonds. The van der Waals surface area contributed by atoms with E-state index < -0.39 is 11.7 Å². The molecule has 1 rings (SSSR count). The van der Waals surface area contributed by atoms with E-state index in [-0.39, 0.29) is 11.6 Å². The SMILES string of the molecule is CCC(CC)C(C)Nc1ccc(C#N)c(C(F)(F)F)c1. The predicted octanol–water partition coefficient (Wildman–Crippen LogP) is 4.81. The third-order valence-electron chi connectivity index (χ3n) is 3.60. The van der Waals surface area contributed by atoms with Crippen LogP contribution in [0, 0.1) is 17.2 Å². The Kier molecular flexibility index (Phi) is 5.43. The van der Waals surface area contributed by atoms with Crippen molar-refractivity contribution in [3.63, 3.8) is 0 Å². The maximum absolute atomic E-state index is 12.9. The van der Waals surface area contributed by atoms with Gasteiger partial charge in [0.05, 0.1) is 17.2 Å². The molecule has 0 saturated carbocycles. The molecule has 2 nitrogen and oxygen atoms in total. The van der Waals surface area contributed by atoms with Crippen molar-refractivity contribution >= 4 is 5.69 Å². The number of hydrogen-bond donors (Lipinski definition) is 1. The van der Waals surface area contributed by atoms with Gasteiger partial charge >= 0.3 is 6.18 Å². The summed E-state index contributed by atoms with van der Waals surface area (Å²) in [7, 11) is 0. The number of nitrogens with one attached hydrogen (secondary N) is 1. The number of nitrogens with zero attached hydrogens (tertiary/aromatic N) is 1. The molecule has 1 atom stereocenters. The highest BCUT2D eigenvalue weighted by Crippen LogP contribution is 2.34. The summed E-state index contributed by atoms with van der Waals surface area (Å²) < 4.78 is 38.6. The van der Waals surface area contributed by atoms with Crippen molar-refractivity contribution in [2.45, 2.75) is 45.8 Å². The highest BCUT2D eigenvalue weighted by Gasteiger charge is 2.34. The topological polar surface area (TPSA) is 35.8 Å². The monoisotopic (exact) mass is 284 g/mol. The molecule has 0 bridgehead atoms. The Morgan fingerprint density at radius 3 is 2.30 bits per heavy atom. The summed E-state index contributed by atoms with van der Waals surface area (Å²) in [6.45, 7) is 6.08. The average Bonchev–Trinajstić information content (AvgIpc) is 2.39. The van der Waals surface area contributed by atoms with Crippen LogP contribution in [-0.4, -0.2) is 6.04 Å². The highest BCUT2D eigenvalue weighted by atomic mass is 19.4. The van der Waals surface area contributed by atoms with Crippen molar-refractivity contribution < 1.29 is 13.2 Å². The minimum atomic E-state index is -4.51. The van der Waals surface area contributed by atoms with E-state index in [2.05, 4.69) is 19.2 Å². The molecule has 0 aliphatic rings. The second-order valence-electron chi connectivity index (χ2n) is 4.88. The lowest BCUT2D eigenvalue weighted by Crippen LogP contribution is -2.25. The zero-order valence-electron chi connectivity index (χ0n) is 11.9. The zero-order valence-corrected chi connectivity index (χ0v) is 11.9. The van der Waals surface area contributed by atoms with Crippen molar-refractivity contribution in [1.29, 1.82) is 5.26 Å². The van der Waals surface area contributed by atoms with Gasteiger partial charge in [-0.3, -0.25) is 0 Å². The van der Waals surface area contributed by atoms with E-state index in [0.717, 1.165) is 18.9 Å². The standard InChI is InChI=1S/C15H19F3N2/c1-4-11(5-2)10(3)20-13-7-6-12(9-19)14(8-13)15(16,17)18/h6-8,10-11,20H,4-5H2,1-3H3. The summed E-state index contributed by atoms with van der Waals surface area (Å²) in [5.41, 5.74) is -0.837. The van der Waals surface area contributed by atoms with Crippen LogP contribution in [0.5, 0.6) is 0 Å². The maximum Gasteiger partial charge on any atom is 0.417 e. The molecule has 0 fully saturated rings. The first-order chi connectivity index (χ1) is 9.33. The van der Waals surface area contributed by atoms with Crippen molar-refractivity contribution in [3.8, 4) is 6.07 Å². The summed E-state index contributed by atoms with van der Waals surface area (Å²) in [6, 6.07) is 5.41. The fourth-order valence-corrected chi connectivity index (χ4v) is 2.34. The van der Waals surface area contributed by atoms with Gasteiger partial charge in [-0.25, -0.2) is 0 Å². The molecule has 20 heavy (non-hydrogen) atoms. The van der Waals surface area contributed by atoms with Gasteiger partial charge in [0, 0.05) is 11.7 Å². The van der Waals surface area contributed by atoms with Gasteiger partial charge in [-0.2, -0.15) is 18.4 Å². The largest absolute Gasteiger partial charge is 0.417 e. The van der Waals surface area contributed by atoms with Crippen LogP contribution in [0.2, 0.25) is 0 Å². The average molecular weight is 284 g/mol. The number of rotatable bonds is 5. The van der Waals surface area contributed by atoms with Gasteiger partial charge in [-0.1, -0.05) is 26.7 Å². The Balaban J connectivity index is 3.02. The van der Waals surface area contributed by atoms with Gasteiger partial charge < -0.3 is 5.32 Å². The van der Waals surface area contributed by atoms with Crippen LogP contribution in [0.4, 0.5) is 18.9 Å².